The van der Waals surface area contributed by atoms with Crippen molar-refractivity contribution in [1.82, 2.24) is 14.2 Å². The minimum atomic E-state index is -0.461. The number of nitrogens with zero attached hydrogens (tertiary/aromatic N) is 3. The maximum atomic E-state index is 12.1. The second-order valence-electron chi connectivity index (χ2n) is 4.34. The van der Waals surface area contributed by atoms with E-state index >= 15 is 0 Å². The molecule has 7 heteroatoms. The van der Waals surface area contributed by atoms with Crippen molar-refractivity contribution in [2.75, 3.05) is 11.5 Å². The molecule has 2 aromatic heterocycles. The Balaban J connectivity index is 1.83. The number of thioether (sulfide) groups is 1. The number of rotatable bonds is 3. The summed E-state index contributed by atoms with van der Waals surface area (Å²) in [4.78, 5) is 25.0. The highest BCUT2D eigenvalue weighted by molar-refractivity contribution is 8.00. The average Bonchev–Trinajstić information content (AvgIpc) is 2.84. The lowest BCUT2D eigenvalue weighted by atomic mass is 10.3. The lowest BCUT2D eigenvalue weighted by Gasteiger charge is -2.03. The Bertz CT molecular complexity index is 869. The zero-order chi connectivity index (χ0) is 14.8. The van der Waals surface area contributed by atoms with Crippen LogP contribution in [0.3, 0.4) is 0 Å². The number of carbonyl (C=O) groups excluding carboxylic acids is 1. The Morgan fingerprint density at radius 2 is 1.95 bits per heavy atom. The van der Waals surface area contributed by atoms with Crippen molar-refractivity contribution in [3.05, 3.63) is 59.1 Å². The van der Waals surface area contributed by atoms with Crippen LogP contribution in [0.1, 0.15) is 4.79 Å². The molecule has 0 saturated heterocycles. The summed E-state index contributed by atoms with van der Waals surface area (Å²) in [5.41, 5.74) is 6.41. The van der Waals surface area contributed by atoms with Gasteiger partial charge >= 0.3 is 5.69 Å². The third kappa shape index (κ3) is 2.55. The molecular formula is C14H12N4O2S. The van der Waals surface area contributed by atoms with Gasteiger partial charge in [-0.15, -0.1) is 21.5 Å². The molecule has 0 atom stereocenters. The predicted molar refractivity (Wildman–Crippen MR) is 81.7 cm³/mol. The van der Waals surface area contributed by atoms with Crippen LogP contribution in [-0.2, 0) is 0 Å². The van der Waals surface area contributed by atoms with Gasteiger partial charge < -0.3 is 5.73 Å². The normalized spacial score (nSPS) is 10.9. The highest BCUT2D eigenvalue weighted by atomic mass is 32.2. The number of benzene rings is 1. The van der Waals surface area contributed by atoms with Crippen molar-refractivity contribution in [2.45, 2.75) is 4.90 Å². The Labute approximate surface area is 124 Å². The molecule has 106 valence electrons. The van der Waals surface area contributed by atoms with E-state index in [1.54, 1.807) is 30.5 Å². The van der Waals surface area contributed by atoms with Crippen LogP contribution < -0.4 is 11.4 Å². The highest BCUT2D eigenvalue weighted by Crippen LogP contribution is 2.24. The third-order valence-corrected chi connectivity index (χ3v) is 4.01. The lowest BCUT2D eigenvalue weighted by molar-refractivity contribution is 0.0922. The molecule has 0 aliphatic heterocycles. The van der Waals surface area contributed by atoms with Crippen LogP contribution in [0.4, 0.5) is 5.69 Å². The number of nitrogens with two attached hydrogens (primary N) is 1. The van der Waals surface area contributed by atoms with Crippen molar-refractivity contribution >= 4 is 29.0 Å². The number of para-hydroxylation sites is 1. The van der Waals surface area contributed by atoms with Gasteiger partial charge in [0, 0.05) is 16.8 Å². The van der Waals surface area contributed by atoms with Gasteiger partial charge in [0.1, 0.15) is 0 Å². The van der Waals surface area contributed by atoms with Gasteiger partial charge in [-0.1, -0.05) is 18.2 Å². The number of pyridine rings is 1. The molecule has 0 amide bonds. The summed E-state index contributed by atoms with van der Waals surface area (Å²) < 4.78 is 2.22. The third-order valence-electron chi connectivity index (χ3n) is 2.93. The van der Waals surface area contributed by atoms with E-state index < -0.39 is 5.69 Å². The predicted octanol–water partition coefficient (Wildman–Crippen LogP) is 1.51. The first kappa shape index (κ1) is 13.4. The molecule has 2 N–H and O–H groups in total. The van der Waals surface area contributed by atoms with Crippen LogP contribution in [0, 0.1) is 0 Å². The van der Waals surface area contributed by atoms with Gasteiger partial charge in [-0.05, 0) is 24.3 Å². The monoisotopic (exact) mass is 300 g/mol. The summed E-state index contributed by atoms with van der Waals surface area (Å²) in [6, 6.07) is 12.4. The van der Waals surface area contributed by atoms with Crippen LogP contribution >= 0.6 is 11.8 Å². The van der Waals surface area contributed by atoms with Crippen molar-refractivity contribution in [1.29, 1.82) is 0 Å². The molecule has 3 aromatic rings. The molecule has 3 rings (SSSR count). The smallest absolute Gasteiger partial charge is 0.357 e. The zero-order valence-corrected chi connectivity index (χ0v) is 11.8. The molecule has 1 aromatic carbocycles. The van der Waals surface area contributed by atoms with E-state index in [2.05, 4.69) is 5.10 Å². The standard InChI is InChI=1S/C14H12N4O2S/c15-10-5-1-2-6-11(10)21-9-13(19)18-14(20)17-8-4-3-7-12(17)16-18/h1-8H,9,15H2. The van der Waals surface area contributed by atoms with E-state index in [0.29, 0.717) is 11.3 Å². The number of hydrogen-bond donors (Lipinski definition) is 1. The molecule has 0 bridgehead atoms. The molecule has 0 radical (unpaired) electrons. The van der Waals surface area contributed by atoms with E-state index in [0.717, 1.165) is 9.58 Å². The fraction of sp³-hybridized carbons (Fsp3) is 0.0714. The Morgan fingerprint density at radius 3 is 2.71 bits per heavy atom. The van der Waals surface area contributed by atoms with Gasteiger partial charge in [0.05, 0.1) is 5.75 Å². The fourth-order valence-corrected chi connectivity index (χ4v) is 2.71. The Kier molecular flexibility index (Phi) is 3.49. The summed E-state index contributed by atoms with van der Waals surface area (Å²) in [6.45, 7) is 0. The number of aromatic nitrogens is 3. The van der Waals surface area contributed by atoms with E-state index in [4.69, 9.17) is 5.73 Å². The first-order valence-corrected chi connectivity index (χ1v) is 7.22. The summed E-state index contributed by atoms with van der Waals surface area (Å²) in [5.74, 6) is -0.283. The van der Waals surface area contributed by atoms with E-state index in [-0.39, 0.29) is 11.7 Å². The van der Waals surface area contributed by atoms with Crippen LogP contribution in [0.15, 0.2) is 58.4 Å². The van der Waals surface area contributed by atoms with E-state index in [1.807, 2.05) is 18.2 Å². The van der Waals surface area contributed by atoms with Crippen molar-refractivity contribution < 1.29 is 4.79 Å². The van der Waals surface area contributed by atoms with Crippen molar-refractivity contribution in [3.63, 3.8) is 0 Å². The maximum Gasteiger partial charge on any atom is 0.357 e. The summed E-state index contributed by atoms with van der Waals surface area (Å²) in [7, 11) is 0. The molecular weight excluding hydrogens is 288 g/mol. The highest BCUT2D eigenvalue weighted by Gasteiger charge is 2.14. The number of hydrogen-bond acceptors (Lipinski definition) is 5. The number of carbonyl (C=O) groups is 1. The topological polar surface area (TPSA) is 82.4 Å². The first-order chi connectivity index (χ1) is 10.2. The van der Waals surface area contributed by atoms with Crippen LogP contribution in [-0.4, -0.2) is 25.8 Å². The summed E-state index contributed by atoms with van der Waals surface area (Å²) in [6.07, 6.45) is 1.58. The van der Waals surface area contributed by atoms with E-state index in [1.165, 1.54) is 16.2 Å². The van der Waals surface area contributed by atoms with Gasteiger partial charge in [0.2, 0.25) is 0 Å². The molecule has 21 heavy (non-hydrogen) atoms. The molecule has 0 unspecified atom stereocenters. The van der Waals surface area contributed by atoms with Gasteiger partial charge in [-0.2, -0.15) is 0 Å². The molecule has 0 spiro atoms. The SMILES string of the molecule is Nc1ccccc1SCC(=O)n1nc2ccccn2c1=O. The molecule has 6 nitrogen and oxygen atoms in total. The number of nitrogen functional groups attached to an aromatic ring is 1. The van der Waals surface area contributed by atoms with Crippen molar-refractivity contribution in [3.8, 4) is 0 Å². The molecule has 0 aliphatic rings. The Morgan fingerprint density at radius 1 is 1.19 bits per heavy atom. The average molecular weight is 300 g/mol. The van der Waals surface area contributed by atoms with Gasteiger partial charge in [0.25, 0.3) is 5.91 Å². The maximum absolute atomic E-state index is 12.1. The summed E-state index contributed by atoms with van der Waals surface area (Å²) in [5, 5.41) is 4.02. The molecule has 0 saturated carbocycles. The van der Waals surface area contributed by atoms with Gasteiger partial charge in [-0.3, -0.25) is 4.79 Å². The van der Waals surface area contributed by atoms with E-state index in [9.17, 15) is 9.59 Å². The number of anilines is 1. The van der Waals surface area contributed by atoms with Crippen LogP contribution in [0.2, 0.25) is 0 Å². The van der Waals surface area contributed by atoms with Crippen molar-refractivity contribution in [2.24, 2.45) is 0 Å². The largest absolute Gasteiger partial charge is 0.398 e. The number of fused-ring (bicyclic) bond motifs is 1. The minimum Gasteiger partial charge on any atom is -0.398 e. The van der Waals surface area contributed by atoms with Crippen LogP contribution in [0.25, 0.3) is 5.65 Å². The first-order valence-electron chi connectivity index (χ1n) is 6.24. The quantitative estimate of drug-likeness (QED) is 0.585. The molecule has 0 fully saturated rings. The molecule has 2 heterocycles. The summed E-state index contributed by atoms with van der Waals surface area (Å²) >= 11 is 1.29. The fourth-order valence-electron chi connectivity index (χ4n) is 1.90. The second kappa shape index (κ2) is 5.45. The van der Waals surface area contributed by atoms with Gasteiger partial charge in [-0.25, -0.2) is 9.20 Å². The molecule has 0 aliphatic carbocycles. The minimum absolute atomic E-state index is 0.0952. The lowest BCUT2D eigenvalue weighted by Crippen LogP contribution is -2.28. The zero-order valence-electron chi connectivity index (χ0n) is 11.0. The van der Waals surface area contributed by atoms with Crippen LogP contribution in [0.5, 0.6) is 0 Å². The second-order valence-corrected chi connectivity index (χ2v) is 5.36. The van der Waals surface area contributed by atoms with Gasteiger partial charge in [0.15, 0.2) is 5.65 Å². The Hall–Kier alpha value is -2.54.